The van der Waals surface area contributed by atoms with Crippen molar-refractivity contribution in [3.63, 3.8) is 0 Å². The van der Waals surface area contributed by atoms with Gasteiger partial charge >= 0.3 is 0 Å². The number of aryl methyl sites for hydroxylation is 1. The van der Waals surface area contributed by atoms with Gasteiger partial charge in [-0.2, -0.15) is 0 Å². The molecule has 2 aromatic rings. The molecule has 0 aliphatic rings. The lowest BCUT2D eigenvalue weighted by atomic mass is 10.0. The lowest BCUT2D eigenvalue weighted by Crippen LogP contribution is -2.38. The molecule has 0 bridgehead atoms. The van der Waals surface area contributed by atoms with Gasteiger partial charge in [0.25, 0.3) is 0 Å². The zero-order valence-corrected chi connectivity index (χ0v) is 12.7. The van der Waals surface area contributed by atoms with Gasteiger partial charge in [0.15, 0.2) is 18.9 Å². The highest BCUT2D eigenvalue weighted by atomic mass is 16.5. The second-order valence-electron chi connectivity index (χ2n) is 5.63. The van der Waals surface area contributed by atoms with Crippen LogP contribution in [0.25, 0.3) is 11.1 Å². The van der Waals surface area contributed by atoms with Crippen LogP contribution in [0.3, 0.4) is 0 Å². The van der Waals surface area contributed by atoms with E-state index >= 15 is 0 Å². The second-order valence-corrected chi connectivity index (χ2v) is 5.63. The number of rotatable bonds is 6. The van der Waals surface area contributed by atoms with Crippen molar-refractivity contribution in [1.29, 1.82) is 0 Å². The van der Waals surface area contributed by atoms with Gasteiger partial charge in [-0.25, -0.2) is 4.57 Å². The Labute approximate surface area is 122 Å². The molecular formula is C18H24NO+. The van der Waals surface area contributed by atoms with Crippen LogP contribution in [0.2, 0.25) is 0 Å². The fraction of sp³-hybridized carbons (Fsp3) is 0.389. The van der Waals surface area contributed by atoms with Crippen molar-refractivity contribution >= 4 is 0 Å². The molecule has 2 nitrogen and oxygen atoms in total. The van der Waals surface area contributed by atoms with Crippen molar-refractivity contribution in [3.05, 3.63) is 54.9 Å². The van der Waals surface area contributed by atoms with Gasteiger partial charge in [-0.15, -0.1) is 0 Å². The third-order valence-corrected chi connectivity index (χ3v) is 3.51. The van der Waals surface area contributed by atoms with Gasteiger partial charge in [0.05, 0.1) is 5.60 Å². The molecule has 0 aliphatic carbocycles. The summed E-state index contributed by atoms with van der Waals surface area (Å²) in [5, 5.41) is 0. The molecular weight excluding hydrogens is 246 g/mol. The molecule has 0 amide bonds. The zero-order valence-electron chi connectivity index (χ0n) is 12.7. The average Bonchev–Trinajstić information content (AvgIpc) is 2.47. The summed E-state index contributed by atoms with van der Waals surface area (Å²) >= 11 is 0. The Morgan fingerprint density at radius 2 is 1.55 bits per heavy atom. The molecule has 0 fully saturated rings. The molecule has 106 valence electrons. The van der Waals surface area contributed by atoms with Crippen molar-refractivity contribution in [3.8, 4) is 11.1 Å². The zero-order chi connectivity index (χ0) is 14.4. The standard InChI is InChI=1S/C18H24NO/c1-4-20-18(2,3)12-15-19-13-10-17(11-14-19)16-8-6-5-7-9-16/h5-11,13-14H,4,12,15H2,1-3H3/q+1. The van der Waals surface area contributed by atoms with E-state index in [-0.39, 0.29) is 5.60 Å². The predicted octanol–water partition coefficient (Wildman–Crippen LogP) is 3.85. The molecule has 0 saturated heterocycles. The minimum absolute atomic E-state index is 0.0557. The molecule has 0 saturated carbocycles. The monoisotopic (exact) mass is 270 g/mol. The topological polar surface area (TPSA) is 13.1 Å². The maximum atomic E-state index is 5.73. The van der Waals surface area contributed by atoms with Crippen LogP contribution in [-0.2, 0) is 11.3 Å². The lowest BCUT2D eigenvalue weighted by molar-refractivity contribution is -0.698. The van der Waals surface area contributed by atoms with E-state index < -0.39 is 0 Å². The van der Waals surface area contributed by atoms with E-state index in [1.165, 1.54) is 11.1 Å². The van der Waals surface area contributed by atoms with E-state index in [2.05, 4.69) is 67.2 Å². The minimum atomic E-state index is -0.0557. The number of benzene rings is 1. The molecule has 0 unspecified atom stereocenters. The van der Waals surface area contributed by atoms with Gasteiger partial charge in [0.2, 0.25) is 0 Å². The van der Waals surface area contributed by atoms with E-state index in [0.717, 1.165) is 19.6 Å². The van der Waals surface area contributed by atoms with Gasteiger partial charge in [0.1, 0.15) is 0 Å². The Morgan fingerprint density at radius 3 is 2.15 bits per heavy atom. The maximum Gasteiger partial charge on any atom is 0.169 e. The van der Waals surface area contributed by atoms with Crippen LogP contribution < -0.4 is 4.57 Å². The predicted molar refractivity (Wildman–Crippen MR) is 82.4 cm³/mol. The van der Waals surface area contributed by atoms with Gasteiger partial charge < -0.3 is 4.74 Å². The highest BCUT2D eigenvalue weighted by molar-refractivity contribution is 5.61. The lowest BCUT2D eigenvalue weighted by Gasteiger charge is -2.22. The van der Waals surface area contributed by atoms with Crippen LogP contribution in [0.1, 0.15) is 27.2 Å². The normalized spacial score (nSPS) is 11.6. The van der Waals surface area contributed by atoms with Crippen molar-refractivity contribution in [1.82, 2.24) is 0 Å². The first-order valence-corrected chi connectivity index (χ1v) is 7.29. The van der Waals surface area contributed by atoms with Gasteiger partial charge in [0, 0.05) is 25.2 Å². The van der Waals surface area contributed by atoms with E-state index in [4.69, 9.17) is 4.74 Å². The molecule has 20 heavy (non-hydrogen) atoms. The summed E-state index contributed by atoms with van der Waals surface area (Å²) in [7, 11) is 0. The molecule has 0 aliphatic heterocycles. The van der Waals surface area contributed by atoms with E-state index in [1.54, 1.807) is 0 Å². The van der Waals surface area contributed by atoms with E-state index in [9.17, 15) is 0 Å². The Morgan fingerprint density at radius 1 is 0.950 bits per heavy atom. The van der Waals surface area contributed by atoms with Gasteiger partial charge in [-0.1, -0.05) is 30.3 Å². The Hall–Kier alpha value is -1.67. The fourth-order valence-electron chi connectivity index (χ4n) is 2.29. The quantitative estimate of drug-likeness (QED) is 0.727. The van der Waals surface area contributed by atoms with Crippen molar-refractivity contribution in [2.75, 3.05) is 6.61 Å². The van der Waals surface area contributed by atoms with E-state index in [0.29, 0.717) is 0 Å². The van der Waals surface area contributed by atoms with Crippen LogP contribution in [0.4, 0.5) is 0 Å². The smallest absolute Gasteiger partial charge is 0.169 e. The first kappa shape index (κ1) is 14.7. The van der Waals surface area contributed by atoms with Crippen LogP contribution in [0, 0.1) is 0 Å². The SMILES string of the molecule is CCOC(C)(C)CC[n+]1ccc(-c2ccccc2)cc1. The molecule has 1 aromatic carbocycles. The summed E-state index contributed by atoms with van der Waals surface area (Å²) in [6.45, 7) is 8.08. The van der Waals surface area contributed by atoms with Gasteiger partial charge in [-0.3, -0.25) is 0 Å². The minimum Gasteiger partial charge on any atom is -0.376 e. The first-order chi connectivity index (χ1) is 9.61. The number of pyridine rings is 1. The van der Waals surface area contributed by atoms with Crippen LogP contribution >= 0.6 is 0 Å². The van der Waals surface area contributed by atoms with Crippen LogP contribution in [0.15, 0.2) is 54.9 Å². The van der Waals surface area contributed by atoms with Crippen molar-refractivity contribution in [2.45, 2.75) is 39.3 Å². The average molecular weight is 270 g/mol. The Balaban J connectivity index is 1.99. The van der Waals surface area contributed by atoms with Crippen molar-refractivity contribution in [2.24, 2.45) is 0 Å². The summed E-state index contributed by atoms with van der Waals surface area (Å²) in [6, 6.07) is 14.8. The molecule has 2 rings (SSSR count). The van der Waals surface area contributed by atoms with Crippen molar-refractivity contribution < 1.29 is 9.30 Å². The van der Waals surface area contributed by atoms with Crippen LogP contribution in [-0.4, -0.2) is 12.2 Å². The first-order valence-electron chi connectivity index (χ1n) is 7.29. The van der Waals surface area contributed by atoms with Crippen LogP contribution in [0.5, 0.6) is 0 Å². The molecule has 0 atom stereocenters. The number of hydrogen-bond donors (Lipinski definition) is 0. The summed E-state index contributed by atoms with van der Waals surface area (Å²) in [5.41, 5.74) is 2.46. The van der Waals surface area contributed by atoms with Gasteiger partial charge in [-0.05, 0) is 31.9 Å². The highest BCUT2D eigenvalue weighted by Gasteiger charge is 2.19. The molecule has 1 aromatic heterocycles. The Bertz CT molecular complexity index is 517. The maximum absolute atomic E-state index is 5.73. The summed E-state index contributed by atoms with van der Waals surface area (Å²) in [4.78, 5) is 0. The summed E-state index contributed by atoms with van der Waals surface area (Å²) < 4.78 is 7.95. The number of nitrogens with zero attached hydrogens (tertiary/aromatic N) is 1. The molecule has 0 radical (unpaired) electrons. The Kier molecular flexibility index (Phi) is 4.91. The fourth-order valence-corrected chi connectivity index (χ4v) is 2.29. The second kappa shape index (κ2) is 6.67. The largest absolute Gasteiger partial charge is 0.376 e. The highest BCUT2D eigenvalue weighted by Crippen LogP contribution is 2.17. The molecule has 2 heteroatoms. The third-order valence-electron chi connectivity index (χ3n) is 3.51. The number of aromatic nitrogens is 1. The molecule has 0 N–H and O–H groups in total. The molecule has 1 heterocycles. The summed E-state index contributed by atoms with van der Waals surface area (Å²) in [6.07, 6.45) is 5.30. The number of ether oxygens (including phenoxy) is 1. The van der Waals surface area contributed by atoms with E-state index in [1.807, 2.05) is 13.0 Å². The number of hydrogen-bond acceptors (Lipinski definition) is 1. The third kappa shape index (κ3) is 4.17. The molecule has 0 spiro atoms. The summed E-state index contributed by atoms with van der Waals surface area (Å²) in [5.74, 6) is 0.